The van der Waals surface area contributed by atoms with Gasteiger partial charge >= 0.3 is 6.18 Å². The predicted octanol–water partition coefficient (Wildman–Crippen LogP) is 4.61. The second-order valence-electron chi connectivity index (χ2n) is 4.54. The molecule has 0 heterocycles. The molecule has 0 nitrogen and oxygen atoms in total. The van der Waals surface area contributed by atoms with Gasteiger partial charge in [0.2, 0.25) is 0 Å². The minimum atomic E-state index is -4.29. The van der Waals surface area contributed by atoms with E-state index < -0.39 is 11.7 Å². The van der Waals surface area contributed by atoms with Gasteiger partial charge in [-0.3, -0.25) is 0 Å². The summed E-state index contributed by atoms with van der Waals surface area (Å²) in [7, 11) is 0. The number of hydrogen-bond acceptors (Lipinski definition) is 0. The van der Waals surface area contributed by atoms with Gasteiger partial charge in [0.05, 0.1) is 5.56 Å². The maximum absolute atomic E-state index is 12.4. The molecular weight excluding hydrogens is 261 g/mol. The maximum Gasteiger partial charge on any atom is 0.416 e. The fourth-order valence-corrected chi connectivity index (χ4v) is 1.70. The monoisotopic (exact) mass is 274 g/mol. The van der Waals surface area contributed by atoms with Crippen molar-refractivity contribution in [2.24, 2.45) is 0 Å². The van der Waals surface area contributed by atoms with Crippen LogP contribution >= 0.6 is 0 Å². The van der Waals surface area contributed by atoms with Crippen molar-refractivity contribution in [1.29, 1.82) is 0 Å². The van der Waals surface area contributed by atoms with Crippen LogP contribution in [0.3, 0.4) is 0 Å². The first-order chi connectivity index (χ1) is 9.45. The molecule has 0 aliphatic carbocycles. The smallest absolute Gasteiger partial charge is 0.166 e. The van der Waals surface area contributed by atoms with Gasteiger partial charge in [-0.2, -0.15) is 13.2 Å². The third-order valence-corrected chi connectivity index (χ3v) is 2.86. The van der Waals surface area contributed by atoms with Crippen molar-refractivity contribution in [3.8, 4) is 11.8 Å². The molecule has 0 fully saturated rings. The third-order valence-electron chi connectivity index (χ3n) is 2.86. The zero-order chi connectivity index (χ0) is 14.6. The number of rotatable bonds is 1. The first kappa shape index (κ1) is 14.2. The summed E-state index contributed by atoms with van der Waals surface area (Å²) in [4.78, 5) is 0. The highest BCUT2D eigenvalue weighted by molar-refractivity contribution is 5.37. The fourth-order valence-electron chi connectivity index (χ4n) is 1.70. The Balaban J connectivity index is 2.03. The van der Waals surface area contributed by atoms with E-state index in [2.05, 4.69) is 11.8 Å². The molecule has 0 saturated heterocycles. The van der Waals surface area contributed by atoms with Crippen molar-refractivity contribution < 1.29 is 13.2 Å². The summed E-state index contributed by atoms with van der Waals surface area (Å²) in [5.74, 6) is 5.96. The lowest BCUT2D eigenvalue weighted by molar-refractivity contribution is -0.137. The molecule has 0 amide bonds. The molecule has 102 valence electrons. The van der Waals surface area contributed by atoms with Crippen LogP contribution in [0.15, 0.2) is 48.5 Å². The van der Waals surface area contributed by atoms with Gasteiger partial charge in [-0.15, -0.1) is 0 Å². The lowest BCUT2D eigenvalue weighted by Crippen LogP contribution is -2.04. The Hall–Kier alpha value is -2.21. The lowest BCUT2D eigenvalue weighted by atomic mass is 10.1. The molecule has 0 aliphatic rings. The van der Waals surface area contributed by atoms with Crippen LogP contribution in [0, 0.1) is 18.8 Å². The van der Waals surface area contributed by atoms with Crippen LogP contribution in [-0.2, 0) is 12.6 Å². The van der Waals surface area contributed by atoms with Crippen molar-refractivity contribution in [2.45, 2.75) is 19.5 Å². The number of halogens is 3. The van der Waals surface area contributed by atoms with E-state index in [9.17, 15) is 13.2 Å². The highest BCUT2D eigenvalue weighted by Gasteiger charge is 2.29. The molecule has 0 spiro atoms. The van der Waals surface area contributed by atoms with Gasteiger partial charge in [0.1, 0.15) is 0 Å². The van der Waals surface area contributed by atoms with E-state index in [4.69, 9.17) is 0 Å². The molecule has 0 unspecified atom stereocenters. The molecule has 2 aromatic rings. The van der Waals surface area contributed by atoms with E-state index in [0.717, 1.165) is 23.3 Å². The molecule has 0 atom stereocenters. The summed E-state index contributed by atoms with van der Waals surface area (Å²) < 4.78 is 37.2. The van der Waals surface area contributed by atoms with Crippen LogP contribution < -0.4 is 0 Å². The predicted molar refractivity (Wildman–Crippen MR) is 73.2 cm³/mol. The molecule has 0 bridgehead atoms. The van der Waals surface area contributed by atoms with Crippen molar-refractivity contribution in [3.05, 3.63) is 70.8 Å². The topological polar surface area (TPSA) is 0 Å². The van der Waals surface area contributed by atoms with Crippen LogP contribution in [0.1, 0.15) is 22.3 Å². The molecule has 2 aromatic carbocycles. The van der Waals surface area contributed by atoms with Gasteiger partial charge in [0.15, 0.2) is 0 Å². The second kappa shape index (κ2) is 5.83. The van der Waals surface area contributed by atoms with Crippen LogP contribution in [0.4, 0.5) is 13.2 Å². The van der Waals surface area contributed by atoms with E-state index >= 15 is 0 Å². The Morgan fingerprint density at radius 1 is 0.900 bits per heavy atom. The number of benzene rings is 2. The Morgan fingerprint density at radius 3 is 2.05 bits per heavy atom. The van der Waals surface area contributed by atoms with Crippen molar-refractivity contribution in [2.75, 3.05) is 0 Å². The van der Waals surface area contributed by atoms with Gasteiger partial charge in [-0.1, -0.05) is 41.7 Å². The molecule has 0 saturated carbocycles. The quantitative estimate of drug-likeness (QED) is 0.666. The lowest BCUT2D eigenvalue weighted by Gasteiger charge is -2.06. The fraction of sp³-hybridized carbons (Fsp3) is 0.176. The third kappa shape index (κ3) is 3.89. The Bertz CT molecular complexity index is 623. The van der Waals surface area contributed by atoms with Gasteiger partial charge < -0.3 is 0 Å². The summed E-state index contributed by atoms with van der Waals surface area (Å²) in [5, 5.41) is 0. The number of hydrogen-bond donors (Lipinski definition) is 0. The summed E-state index contributed by atoms with van der Waals surface area (Å²) in [5.41, 5.74) is 2.21. The second-order valence-corrected chi connectivity index (χ2v) is 4.54. The molecule has 3 heteroatoms. The summed E-state index contributed by atoms with van der Waals surface area (Å²) >= 11 is 0. The molecule has 0 radical (unpaired) electrons. The SMILES string of the molecule is Cc1ccc(C#CCc2ccc(C(F)(F)F)cc2)cc1. The van der Waals surface area contributed by atoms with Crippen LogP contribution in [0.2, 0.25) is 0 Å². The van der Waals surface area contributed by atoms with Crippen LogP contribution in [-0.4, -0.2) is 0 Å². The molecule has 0 aliphatic heterocycles. The highest BCUT2D eigenvalue weighted by Crippen LogP contribution is 2.29. The van der Waals surface area contributed by atoms with E-state index in [-0.39, 0.29) is 0 Å². The molecule has 20 heavy (non-hydrogen) atoms. The van der Waals surface area contributed by atoms with Crippen molar-refractivity contribution in [3.63, 3.8) is 0 Å². The first-order valence-corrected chi connectivity index (χ1v) is 6.17. The summed E-state index contributed by atoms with van der Waals surface area (Å²) in [6, 6.07) is 12.9. The normalized spacial score (nSPS) is 10.8. The van der Waals surface area contributed by atoms with E-state index in [1.165, 1.54) is 17.7 Å². The largest absolute Gasteiger partial charge is 0.416 e. The Morgan fingerprint density at radius 2 is 1.50 bits per heavy atom. The first-order valence-electron chi connectivity index (χ1n) is 6.17. The number of aryl methyl sites for hydroxylation is 1. The average molecular weight is 274 g/mol. The average Bonchev–Trinajstić information content (AvgIpc) is 2.41. The molecule has 0 N–H and O–H groups in total. The van der Waals surface area contributed by atoms with Gasteiger partial charge in [-0.25, -0.2) is 0 Å². The standard InChI is InChI=1S/C17H13F3/c1-13-5-7-14(8-6-13)3-2-4-15-9-11-16(12-10-15)17(18,19)20/h5-12H,4H2,1H3. The van der Waals surface area contributed by atoms with Gasteiger partial charge in [-0.05, 0) is 36.8 Å². The summed E-state index contributed by atoms with van der Waals surface area (Å²) in [6.07, 6.45) is -3.85. The van der Waals surface area contributed by atoms with Crippen LogP contribution in [0.5, 0.6) is 0 Å². The summed E-state index contributed by atoms with van der Waals surface area (Å²) in [6.45, 7) is 2.00. The van der Waals surface area contributed by atoms with E-state index in [0.29, 0.717) is 6.42 Å². The van der Waals surface area contributed by atoms with Crippen LogP contribution in [0.25, 0.3) is 0 Å². The minimum Gasteiger partial charge on any atom is -0.166 e. The zero-order valence-corrected chi connectivity index (χ0v) is 11.0. The Kier molecular flexibility index (Phi) is 4.14. The van der Waals surface area contributed by atoms with Gasteiger partial charge in [0, 0.05) is 12.0 Å². The van der Waals surface area contributed by atoms with E-state index in [1.807, 2.05) is 31.2 Å². The highest BCUT2D eigenvalue weighted by atomic mass is 19.4. The van der Waals surface area contributed by atoms with Gasteiger partial charge in [0.25, 0.3) is 0 Å². The molecule has 0 aromatic heterocycles. The van der Waals surface area contributed by atoms with E-state index in [1.54, 1.807) is 0 Å². The Labute approximate surface area is 116 Å². The maximum atomic E-state index is 12.4. The zero-order valence-electron chi connectivity index (χ0n) is 11.0. The number of alkyl halides is 3. The molecule has 2 rings (SSSR count). The van der Waals surface area contributed by atoms with Crippen molar-refractivity contribution >= 4 is 0 Å². The van der Waals surface area contributed by atoms with Crippen molar-refractivity contribution in [1.82, 2.24) is 0 Å². The minimum absolute atomic E-state index is 0.437. The molecular formula is C17H13F3.